The minimum Gasteiger partial charge on any atom is -0.450 e. The average Bonchev–Trinajstić information content (AvgIpc) is 2.95. The Morgan fingerprint density at radius 3 is 2.62 bits per heavy atom. The van der Waals surface area contributed by atoms with Gasteiger partial charge in [0.15, 0.2) is 18.0 Å². The first-order valence-electron chi connectivity index (χ1n) is 7.46. The zero-order valence-corrected chi connectivity index (χ0v) is 13.4. The minimum absolute atomic E-state index is 0.0942. The van der Waals surface area contributed by atoms with Gasteiger partial charge in [-0.1, -0.05) is 12.1 Å². The van der Waals surface area contributed by atoms with Gasteiger partial charge in [-0.2, -0.15) is 0 Å². The predicted molar refractivity (Wildman–Crippen MR) is 86.2 cm³/mol. The van der Waals surface area contributed by atoms with Crippen LogP contribution in [-0.4, -0.2) is 18.5 Å². The number of furan rings is 1. The van der Waals surface area contributed by atoms with Gasteiger partial charge in [-0.25, -0.2) is 18.0 Å². The molecule has 134 valence electrons. The van der Waals surface area contributed by atoms with Crippen molar-refractivity contribution in [2.75, 3.05) is 11.9 Å². The lowest BCUT2D eigenvalue weighted by molar-refractivity contribution is -0.119. The largest absolute Gasteiger partial charge is 0.450 e. The third kappa shape index (κ3) is 3.39. The Labute approximate surface area is 145 Å². The van der Waals surface area contributed by atoms with E-state index in [0.29, 0.717) is 10.9 Å². The number of aryl methyl sites for hydroxylation is 1. The molecule has 0 fully saturated rings. The Hall–Kier alpha value is -3.29. The number of nitrogens with one attached hydrogen (secondary N) is 1. The molecule has 1 heterocycles. The summed E-state index contributed by atoms with van der Waals surface area (Å²) in [6.07, 6.45) is 0. The average molecular weight is 363 g/mol. The summed E-state index contributed by atoms with van der Waals surface area (Å²) in [4.78, 5) is 23.8. The molecule has 0 unspecified atom stereocenters. The van der Waals surface area contributed by atoms with Crippen LogP contribution in [0.5, 0.6) is 0 Å². The van der Waals surface area contributed by atoms with E-state index >= 15 is 0 Å². The van der Waals surface area contributed by atoms with Gasteiger partial charge in [0.05, 0.1) is 5.69 Å². The number of fused-ring (bicyclic) bond motifs is 1. The smallest absolute Gasteiger partial charge is 0.375 e. The maximum atomic E-state index is 13.7. The first-order valence-corrected chi connectivity index (χ1v) is 7.46. The van der Waals surface area contributed by atoms with Crippen LogP contribution in [0.25, 0.3) is 11.0 Å². The lowest BCUT2D eigenvalue weighted by Crippen LogP contribution is -2.21. The van der Waals surface area contributed by atoms with Crippen molar-refractivity contribution in [3.63, 3.8) is 0 Å². The Bertz CT molecular complexity index is 1010. The predicted octanol–water partition coefficient (Wildman–Crippen LogP) is 3.95. The summed E-state index contributed by atoms with van der Waals surface area (Å²) in [6, 6.07) is 6.77. The van der Waals surface area contributed by atoms with Crippen molar-refractivity contribution in [1.29, 1.82) is 0 Å². The second-order valence-electron chi connectivity index (χ2n) is 5.42. The number of para-hydroxylation sites is 1. The van der Waals surface area contributed by atoms with Crippen molar-refractivity contribution >= 4 is 28.5 Å². The molecule has 3 rings (SSSR count). The molecule has 1 amide bonds. The van der Waals surface area contributed by atoms with E-state index in [2.05, 4.69) is 5.32 Å². The number of carbonyl (C=O) groups excluding carboxylic acids is 2. The van der Waals surface area contributed by atoms with Crippen LogP contribution in [0.1, 0.15) is 16.1 Å². The molecule has 26 heavy (non-hydrogen) atoms. The second-order valence-corrected chi connectivity index (χ2v) is 5.42. The van der Waals surface area contributed by atoms with Crippen LogP contribution in [0.4, 0.5) is 18.9 Å². The summed E-state index contributed by atoms with van der Waals surface area (Å²) in [5, 5.41) is 2.49. The highest BCUT2D eigenvalue weighted by Crippen LogP contribution is 2.27. The van der Waals surface area contributed by atoms with Crippen molar-refractivity contribution < 1.29 is 31.9 Å². The van der Waals surface area contributed by atoms with E-state index in [0.717, 1.165) is 18.2 Å². The number of carbonyl (C=O) groups is 2. The van der Waals surface area contributed by atoms with Gasteiger partial charge in [0.1, 0.15) is 11.6 Å². The van der Waals surface area contributed by atoms with Crippen LogP contribution >= 0.6 is 0 Å². The number of ether oxygens (including phenoxy) is 1. The van der Waals surface area contributed by atoms with Crippen molar-refractivity contribution in [1.82, 2.24) is 0 Å². The van der Waals surface area contributed by atoms with Gasteiger partial charge in [0, 0.05) is 17.0 Å². The molecule has 0 atom stereocenters. The lowest BCUT2D eigenvalue weighted by Gasteiger charge is -2.07. The standard InChI is InChI=1S/C18H12F3NO4/c1-9-11-3-2-4-13(21)17(11)26-16(9)18(24)25-8-15(23)22-14-7-10(19)5-6-12(14)20/h2-7H,8H2,1H3,(H,22,23). The van der Waals surface area contributed by atoms with Crippen LogP contribution in [-0.2, 0) is 9.53 Å². The molecule has 3 aromatic rings. The molecule has 0 radical (unpaired) electrons. The quantitative estimate of drug-likeness (QED) is 0.713. The van der Waals surface area contributed by atoms with Crippen LogP contribution < -0.4 is 5.32 Å². The molecule has 1 N–H and O–H groups in total. The third-order valence-corrected chi connectivity index (χ3v) is 3.64. The number of amides is 1. The zero-order valence-electron chi connectivity index (χ0n) is 13.4. The molecule has 0 saturated carbocycles. The third-order valence-electron chi connectivity index (χ3n) is 3.64. The van der Waals surface area contributed by atoms with Gasteiger partial charge in [0.25, 0.3) is 5.91 Å². The summed E-state index contributed by atoms with van der Waals surface area (Å²) in [7, 11) is 0. The maximum absolute atomic E-state index is 13.7. The van der Waals surface area contributed by atoms with E-state index in [9.17, 15) is 22.8 Å². The van der Waals surface area contributed by atoms with E-state index in [1.54, 1.807) is 13.0 Å². The fourth-order valence-corrected chi connectivity index (χ4v) is 2.38. The van der Waals surface area contributed by atoms with Gasteiger partial charge in [0.2, 0.25) is 5.76 Å². The Kier molecular flexibility index (Phi) is 4.66. The number of rotatable bonds is 4. The van der Waals surface area contributed by atoms with Crippen LogP contribution in [0.2, 0.25) is 0 Å². The highest BCUT2D eigenvalue weighted by atomic mass is 19.1. The van der Waals surface area contributed by atoms with Crippen molar-refractivity contribution in [3.8, 4) is 0 Å². The number of hydrogen-bond donors (Lipinski definition) is 1. The molecule has 2 aromatic carbocycles. The van der Waals surface area contributed by atoms with Crippen LogP contribution in [0.3, 0.4) is 0 Å². The van der Waals surface area contributed by atoms with E-state index in [4.69, 9.17) is 9.15 Å². The summed E-state index contributed by atoms with van der Waals surface area (Å²) in [6.45, 7) is 0.789. The number of benzene rings is 2. The monoisotopic (exact) mass is 363 g/mol. The fraction of sp³-hybridized carbons (Fsp3) is 0.111. The summed E-state index contributed by atoms with van der Waals surface area (Å²) >= 11 is 0. The lowest BCUT2D eigenvalue weighted by atomic mass is 10.1. The fourth-order valence-electron chi connectivity index (χ4n) is 2.38. The number of hydrogen-bond acceptors (Lipinski definition) is 4. The molecule has 0 aliphatic heterocycles. The highest BCUT2D eigenvalue weighted by molar-refractivity contribution is 5.98. The Morgan fingerprint density at radius 1 is 1.12 bits per heavy atom. The van der Waals surface area contributed by atoms with Gasteiger partial charge in [-0.15, -0.1) is 0 Å². The van der Waals surface area contributed by atoms with E-state index in [1.807, 2.05) is 0 Å². The van der Waals surface area contributed by atoms with Crippen molar-refractivity contribution in [3.05, 3.63) is 65.2 Å². The molecule has 0 bridgehead atoms. The van der Waals surface area contributed by atoms with E-state index < -0.39 is 35.9 Å². The van der Waals surface area contributed by atoms with Gasteiger partial charge < -0.3 is 14.5 Å². The van der Waals surface area contributed by atoms with Gasteiger partial charge in [-0.3, -0.25) is 4.79 Å². The van der Waals surface area contributed by atoms with Gasteiger partial charge in [-0.05, 0) is 25.1 Å². The first-order chi connectivity index (χ1) is 12.4. The van der Waals surface area contributed by atoms with E-state index in [1.165, 1.54) is 12.1 Å². The molecule has 0 saturated heterocycles. The van der Waals surface area contributed by atoms with Crippen LogP contribution in [0.15, 0.2) is 40.8 Å². The molecule has 1 aromatic heterocycles. The topological polar surface area (TPSA) is 68.5 Å². The maximum Gasteiger partial charge on any atom is 0.375 e. The number of esters is 1. The SMILES string of the molecule is Cc1c(C(=O)OCC(=O)Nc2cc(F)ccc2F)oc2c(F)cccc12. The second kappa shape index (κ2) is 6.91. The zero-order chi connectivity index (χ0) is 18.8. The van der Waals surface area contributed by atoms with Gasteiger partial charge >= 0.3 is 5.97 Å². The summed E-state index contributed by atoms with van der Waals surface area (Å²) in [5.41, 5.74) is -0.114. The summed E-state index contributed by atoms with van der Waals surface area (Å²) in [5.74, 6) is -4.30. The normalized spacial score (nSPS) is 10.8. The Balaban J connectivity index is 1.69. The number of anilines is 1. The highest BCUT2D eigenvalue weighted by Gasteiger charge is 2.21. The first kappa shape index (κ1) is 17.5. The van der Waals surface area contributed by atoms with Crippen LogP contribution in [0, 0.1) is 24.4 Å². The minimum atomic E-state index is -0.979. The summed E-state index contributed by atoms with van der Waals surface area (Å²) < 4.78 is 50.2. The molecular formula is C18H12F3NO4. The van der Waals surface area contributed by atoms with Crippen molar-refractivity contribution in [2.24, 2.45) is 0 Å². The molecular weight excluding hydrogens is 351 g/mol. The molecule has 0 aliphatic rings. The Morgan fingerprint density at radius 2 is 1.88 bits per heavy atom. The number of halogens is 3. The molecule has 5 nitrogen and oxygen atoms in total. The molecule has 0 spiro atoms. The molecule has 0 aliphatic carbocycles. The van der Waals surface area contributed by atoms with Crippen molar-refractivity contribution in [2.45, 2.75) is 6.92 Å². The molecule has 8 heteroatoms. The van der Waals surface area contributed by atoms with E-state index in [-0.39, 0.29) is 17.0 Å².